The molecule has 9 nitrogen and oxygen atoms in total. The van der Waals surface area contributed by atoms with E-state index in [1.807, 2.05) is 20.8 Å². The lowest BCUT2D eigenvalue weighted by Gasteiger charge is -2.24. The number of carbonyl (C=O) groups is 1. The molecule has 3 N–H and O–H groups in total. The van der Waals surface area contributed by atoms with E-state index in [0.29, 0.717) is 6.54 Å². The second kappa shape index (κ2) is 15.3. The van der Waals surface area contributed by atoms with Gasteiger partial charge in [-0.05, 0) is 46.5 Å². The van der Waals surface area contributed by atoms with Gasteiger partial charge in [0.1, 0.15) is 17.2 Å². The average molecular weight is 578 g/mol. The molecule has 2 heterocycles. The van der Waals surface area contributed by atoms with Crippen molar-refractivity contribution in [3.63, 3.8) is 0 Å². The highest BCUT2D eigenvalue weighted by atomic mass is 127. The number of aliphatic imine (C=N–C) groups is 1. The predicted molar refractivity (Wildman–Crippen MR) is 143 cm³/mol. The standard InChI is InChI=1S/C23H43N7O2.HI/c1-6-7-12-18(17-26-22(31)32-23(2,3)4)27-21(24-5)25-15-11-14-20-29-28-19-13-9-8-10-16-30(19)20;/h18H,6-17H2,1-5H3,(H,26,31)(H2,24,25,27);1H. The first-order valence-electron chi connectivity index (χ1n) is 12.2. The minimum absolute atomic E-state index is 0. The molecule has 0 aromatic carbocycles. The van der Waals surface area contributed by atoms with Gasteiger partial charge in [0.25, 0.3) is 0 Å². The number of hydrogen-bond donors (Lipinski definition) is 3. The Morgan fingerprint density at radius 1 is 1.18 bits per heavy atom. The molecule has 0 spiro atoms. The number of aromatic nitrogens is 3. The van der Waals surface area contributed by atoms with Gasteiger partial charge in [0.15, 0.2) is 5.96 Å². The minimum atomic E-state index is -0.503. The van der Waals surface area contributed by atoms with E-state index >= 15 is 0 Å². The molecule has 0 saturated heterocycles. The van der Waals surface area contributed by atoms with Gasteiger partial charge in [0.2, 0.25) is 0 Å². The van der Waals surface area contributed by atoms with Gasteiger partial charge in [-0.2, -0.15) is 0 Å². The van der Waals surface area contributed by atoms with E-state index in [2.05, 4.69) is 42.6 Å². The van der Waals surface area contributed by atoms with Crippen LogP contribution in [0.2, 0.25) is 0 Å². The number of unbranched alkanes of at least 4 members (excludes halogenated alkanes) is 1. The number of hydrogen-bond acceptors (Lipinski definition) is 5. The third-order valence-electron chi connectivity index (χ3n) is 5.42. The van der Waals surface area contributed by atoms with Crippen molar-refractivity contribution >= 4 is 36.0 Å². The lowest BCUT2D eigenvalue weighted by molar-refractivity contribution is 0.0522. The zero-order valence-corrected chi connectivity index (χ0v) is 23.4. The number of nitrogens with one attached hydrogen (secondary N) is 3. The SMILES string of the molecule is CCCCC(CNC(=O)OC(C)(C)C)NC(=NC)NCCCc1nnc2n1CCCCC2.I. The predicted octanol–water partition coefficient (Wildman–Crippen LogP) is 3.80. The molecule has 2 rings (SSSR count). The van der Waals surface area contributed by atoms with Crippen LogP contribution in [0.4, 0.5) is 4.79 Å². The van der Waals surface area contributed by atoms with Gasteiger partial charge < -0.3 is 25.3 Å². The van der Waals surface area contributed by atoms with Crippen molar-refractivity contribution in [2.24, 2.45) is 4.99 Å². The Labute approximate surface area is 216 Å². The molecule has 1 aromatic heterocycles. The van der Waals surface area contributed by atoms with E-state index in [1.54, 1.807) is 7.05 Å². The van der Waals surface area contributed by atoms with Crippen LogP contribution in [0.25, 0.3) is 0 Å². The maximum Gasteiger partial charge on any atom is 0.407 e. The van der Waals surface area contributed by atoms with Crippen LogP contribution in [0.5, 0.6) is 0 Å². The van der Waals surface area contributed by atoms with Crippen LogP contribution < -0.4 is 16.0 Å². The number of nitrogens with zero attached hydrogens (tertiary/aromatic N) is 4. The lowest BCUT2D eigenvalue weighted by Crippen LogP contribution is -2.49. The maximum atomic E-state index is 12.0. The number of aryl methyl sites for hydroxylation is 2. The molecule has 1 aliphatic heterocycles. The normalized spacial score (nSPS) is 15.0. The Kier molecular flexibility index (Phi) is 13.7. The van der Waals surface area contributed by atoms with Crippen LogP contribution in [-0.4, -0.2) is 58.6 Å². The largest absolute Gasteiger partial charge is 0.444 e. The highest BCUT2D eigenvalue weighted by molar-refractivity contribution is 14.0. The van der Waals surface area contributed by atoms with Crippen LogP contribution in [0.15, 0.2) is 4.99 Å². The van der Waals surface area contributed by atoms with Crippen LogP contribution in [0.3, 0.4) is 0 Å². The zero-order valence-electron chi connectivity index (χ0n) is 21.1. The quantitative estimate of drug-likeness (QED) is 0.169. The van der Waals surface area contributed by atoms with E-state index < -0.39 is 11.7 Å². The summed E-state index contributed by atoms with van der Waals surface area (Å²) >= 11 is 0. The van der Waals surface area contributed by atoms with Crippen molar-refractivity contribution in [1.29, 1.82) is 0 Å². The van der Waals surface area contributed by atoms with E-state index in [4.69, 9.17) is 4.74 Å². The Hall–Kier alpha value is -1.59. The molecule has 1 aliphatic rings. The molecule has 190 valence electrons. The van der Waals surface area contributed by atoms with Crippen molar-refractivity contribution in [3.05, 3.63) is 11.6 Å². The number of alkyl carbamates (subject to hydrolysis) is 1. The third kappa shape index (κ3) is 11.4. The van der Waals surface area contributed by atoms with Crippen LogP contribution in [-0.2, 0) is 24.1 Å². The molecule has 1 amide bonds. The van der Waals surface area contributed by atoms with E-state index in [9.17, 15) is 4.79 Å². The van der Waals surface area contributed by atoms with Crippen molar-refractivity contribution < 1.29 is 9.53 Å². The third-order valence-corrected chi connectivity index (χ3v) is 5.42. The summed E-state index contributed by atoms with van der Waals surface area (Å²) in [6, 6.07) is 0.0842. The summed E-state index contributed by atoms with van der Waals surface area (Å²) in [7, 11) is 1.77. The number of rotatable bonds is 10. The number of fused-ring (bicyclic) bond motifs is 1. The number of amides is 1. The van der Waals surface area contributed by atoms with Crippen LogP contribution in [0, 0.1) is 0 Å². The molecule has 1 atom stereocenters. The Morgan fingerprint density at radius 2 is 1.97 bits per heavy atom. The van der Waals surface area contributed by atoms with Gasteiger partial charge in [0, 0.05) is 45.6 Å². The topological polar surface area (TPSA) is 105 Å². The minimum Gasteiger partial charge on any atom is -0.444 e. The highest BCUT2D eigenvalue weighted by Crippen LogP contribution is 2.15. The molecule has 0 aliphatic carbocycles. The lowest BCUT2D eigenvalue weighted by atomic mass is 10.1. The first kappa shape index (κ1) is 29.4. The number of halogens is 1. The van der Waals surface area contributed by atoms with Crippen molar-refractivity contribution in [2.75, 3.05) is 20.1 Å². The van der Waals surface area contributed by atoms with Crippen LogP contribution >= 0.6 is 24.0 Å². The van der Waals surface area contributed by atoms with Gasteiger partial charge in [-0.3, -0.25) is 4.99 Å². The first-order chi connectivity index (χ1) is 15.3. The fraction of sp³-hybridized carbons (Fsp3) is 0.826. The van der Waals surface area contributed by atoms with Crippen molar-refractivity contribution in [3.8, 4) is 0 Å². The van der Waals surface area contributed by atoms with Crippen molar-refractivity contribution in [2.45, 2.75) is 104 Å². The van der Waals surface area contributed by atoms with Crippen LogP contribution in [0.1, 0.15) is 84.3 Å². The summed E-state index contributed by atoms with van der Waals surface area (Å²) in [6.45, 7) is 10.1. The summed E-state index contributed by atoms with van der Waals surface area (Å²) in [4.78, 5) is 16.4. The van der Waals surface area contributed by atoms with Crippen molar-refractivity contribution in [1.82, 2.24) is 30.7 Å². The Balaban J connectivity index is 0.00000544. The monoisotopic (exact) mass is 577 g/mol. The molecule has 0 fully saturated rings. The Bertz CT molecular complexity index is 731. The maximum absolute atomic E-state index is 12.0. The number of guanidine groups is 1. The second-order valence-corrected chi connectivity index (χ2v) is 9.46. The molecule has 33 heavy (non-hydrogen) atoms. The molecule has 10 heteroatoms. The zero-order chi connectivity index (χ0) is 23.4. The summed E-state index contributed by atoms with van der Waals surface area (Å²) in [5.41, 5.74) is -0.503. The van der Waals surface area contributed by atoms with Gasteiger partial charge in [0.05, 0.1) is 0 Å². The second-order valence-electron chi connectivity index (χ2n) is 9.46. The van der Waals surface area contributed by atoms with E-state index in [1.165, 1.54) is 19.3 Å². The molecular formula is C23H44IN7O2. The molecule has 0 radical (unpaired) electrons. The smallest absolute Gasteiger partial charge is 0.407 e. The first-order valence-corrected chi connectivity index (χ1v) is 12.2. The average Bonchev–Trinajstić information content (AvgIpc) is 2.96. The number of carbonyl (C=O) groups excluding carboxylic acids is 1. The van der Waals surface area contributed by atoms with Gasteiger partial charge >= 0.3 is 6.09 Å². The fourth-order valence-electron chi connectivity index (χ4n) is 3.77. The molecule has 0 saturated carbocycles. The summed E-state index contributed by atoms with van der Waals surface area (Å²) < 4.78 is 7.66. The Morgan fingerprint density at radius 3 is 2.67 bits per heavy atom. The molecular weight excluding hydrogens is 533 g/mol. The molecule has 1 aromatic rings. The van der Waals surface area contributed by atoms with Gasteiger partial charge in [-0.15, -0.1) is 34.2 Å². The van der Waals surface area contributed by atoms with E-state index in [-0.39, 0.29) is 30.0 Å². The summed E-state index contributed by atoms with van der Waals surface area (Å²) in [5, 5.41) is 18.5. The molecule has 0 bridgehead atoms. The fourth-order valence-corrected chi connectivity index (χ4v) is 3.77. The summed E-state index contributed by atoms with van der Waals surface area (Å²) in [6.07, 6.45) is 9.31. The van der Waals surface area contributed by atoms with E-state index in [0.717, 1.165) is 69.2 Å². The summed E-state index contributed by atoms with van der Waals surface area (Å²) in [5.74, 6) is 2.98. The van der Waals surface area contributed by atoms with Gasteiger partial charge in [-0.1, -0.05) is 26.2 Å². The van der Waals surface area contributed by atoms with Gasteiger partial charge in [-0.25, -0.2) is 4.79 Å². The molecule has 1 unspecified atom stereocenters. The highest BCUT2D eigenvalue weighted by Gasteiger charge is 2.18. The number of ether oxygens (including phenoxy) is 1.